The number of carbonyl (C=O) groups is 1. The van der Waals surface area contributed by atoms with Gasteiger partial charge in [0, 0.05) is 11.3 Å². The predicted octanol–water partition coefficient (Wildman–Crippen LogP) is 0.641. The van der Waals surface area contributed by atoms with Crippen LogP contribution in [0.1, 0.15) is 31.5 Å². The number of nitrogens with two attached hydrogens (primary N) is 1. The Kier molecular flexibility index (Phi) is 2.53. The van der Waals surface area contributed by atoms with E-state index < -0.39 is 11.4 Å². The Morgan fingerprint density at radius 2 is 2.19 bits per heavy atom. The van der Waals surface area contributed by atoms with E-state index in [1.54, 1.807) is 13.8 Å². The number of hydrogen-bond acceptors (Lipinski definition) is 4. The Morgan fingerprint density at radius 3 is 2.88 bits per heavy atom. The van der Waals surface area contributed by atoms with Gasteiger partial charge in [0.1, 0.15) is 17.7 Å². The average molecular weight is 220 g/mol. The molecular weight excluding hydrogens is 204 g/mol. The van der Waals surface area contributed by atoms with E-state index in [9.17, 15) is 4.79 Å². The van der Waals surface area contributed by atoms with Gasteiger partial charge in [-0.3, -0.25) is 4.79 Å². The molecule has 0 saturated carbocycles. The smallest absolute Gasteiger partial charge is 0.242 e. The number of primary amides is 1. The number of amides is 1. The van der Waals surface area contributed by atoms with Gasteiger partial charge in [-0.15, -0.1) is 0 Å². The SMILES string of the molecule is CC(C)(Nc1ncnc2c1CCC2)C(N)=O. The molecule has 0 spiro atoms. The molecule has 0 aliphatic heterocycles. The first-order chi connectivity index (χ1) is 7.50. The first kappa shape index (κ1) is 10.9. The summed E-state index contributed by atoms with van der Waals surface area (Å²) in [4.78, 5) is 19.7. The molecule has 0 saturated heterocycles. The standard InChI is InChI=1S/C11H16N4O/c1-11(2,10(12)16)15-9-7-4-3-5-8(7)13-6-14-9/h6H,3-5H2,1-2H3,(H2,12,16)(H,13,14,15). The van der Waals surface area contributed by atoms with E-state index >= 15 is 0 Å². The van der Waals surface area contributed by atoms with Crippen molar-refractivity contribution in [2.45, 2.75) is 38.6 Å². The number of fused-ring (bicyclic) bond motifs is 1. The molecule has 1 aliphatic rings. The molecule has 1 aromatic heterocycles. The molecule has 1 heterocycles. The van der Waals surface area contributed by atoms with E-state index in [1.165, 1.54) is 6.33 Å². The van der Waals surface area contributed by atoms with Gasteiger partial charge in [0.15, 0.2) is 0 Å². The van der Waals surface area contributed by atoms with Gasteiger partial charge in [-0.05, 0) is 33.1 Å². The van der Waals surface area contributed by atoms with Crippen LogP contribution in [0.5, 0.6) is 0 Å². The van der Waals surface area contributed by atoms with Crippen molar-refractivity contribution in [3.8, 4) is 0 Å². The van der Waals surface area contributed by atoms with Gasteiger partial charge in [-0.1, -0.05) is 0 Å². The van der Waals surface area contributed by atoms with Crippen molar-refractivity contribution in [2.24, 2.45) is 5.73 Å². The Labute approximate surface area is 94.5 Å². The number of aromatic nitrogens is 2. The molecule has 3 N–H and O–H groups in total. The number of rotatable bonds is 3. The summed E-state index contributed by atoms with van der Waals surface area (Å²) in [6, 6.07) is 0. The van der Waals surface area contributed by atoms with E-state index in [0.29, 0.717) is 0 Å². The molecule has 1 aliphatic carbocycles. The van der Waals surface area contributed by atoms with Gasteiger partial charge in [-0.25, -0.2) is 9.97 Å². The van der Waals surface area contributed by atoms with Crippen molar-refractivity contribution in [1.29, 1.82) is 0 Å². The Hall–Kier alpha value is -1.65. The summed E-state index contributed by atoms with van der Waals surface area (Å²) in [5, 5.41) is 3.09. The van der Waals surface area contributed by atoms with Crippen LogP contribution >= 0.6 is 0 Å². The molecule has 16 heavy (non-hydrogen) atoms. The number of carbonyl (C=O) groups excluding carboxylic acids is 1. The van der Waals surface area contributed by atoms with Crippen LogP contribution in [0, 0.1) is 0 Å². The maximum atomic E-state index is 11.2. The normalized spacial score (nSPS) is 14.6. The van der Waals surface area contributed by atoms with Crippen molar-refractivity contribution >= 4 is 11.7 Å². The van der Waals surface area contributed by atoms with Gasteiger partial charge >= 0.3 is 0 Å². The summed E-state index contributed by atoms with van der Waals surface area (Å²) in [6.45, 7) is 3.50. The topological polar surface area (TPSA) is 80.9 Å². The highest BCUT2D eigenvalue weighted by atomic mass is 16.1. The summed E-state index contributed by atoms with van der Waals surface area (Å²) in [7, 11) is 0. The summed E-state index contributed by atoms with van der Waals surface area (Å²) in [6.07, 6.45) is 4.58. The van der Waals surface area contributed by atoms with Gasteiger partial charge in [0.05, 0.1) is 0 Å². The number of hydrogen-bond donors (Lipinski definition) is 2. The Balaban J connectivity index is 2.29. The fraction of sp³-hybridized carbons (Fsp3) is 0.545. The lowest BCUT2D eigenvalue weighted by atomic mass is 10.0. The minimum atomic E-state index is -0.787. The lowest BCUT2D eigenvalue weighted by molar-refractivity contribution is -0.121. The van der Waals surface area contributed by atoms with Crippen molar-refractivity contribution < 1.29 is 4.79 Å². The van der Waals surface area contributed by atoms with Crippen LogP contribution in [0.25, 0.3) is 0 Å². The molecule has 0 unspecified atom stereocenters. The molecule has 1 amide bonds. The minimum Gasteiger partial charge on any atom is -0.368 e. The lowest BCUT2D eigenvalue weighted by Gasteiger charge is -2.24. The first-order valence-corrected chi connectivity index (χ1v) is 5.41. The monoisotopic (exact) mass is 220 g/mol. The predicted molar refractivity (Wildman–Crippen MR) is 61.0 cm³/mol. The molecule has 0 fully saturated rings. The van der Waals surface area contributed by atoms with Gasteiger partial charge in [0.2, 0.25) is 5.91 Å². The fourth-order valence-corrected chi connectivity index (χ4v) is 1.82. The van der Waals surface area contributed by atoms with Crippen LogP contribution in [0.15, 0.2) is 6.33 Å². The number of nitrogens with zero attached hydrogens (tertiary/aromatic N) is 2. The van der Waals surface area contributed by atoms with Crippen LogP contribution in [0.4, 0.5) is 5.82 Å². The maximum absolute atomic E-state index is 11.2. The molecule has 0 atom stereocenters. The quantitative estimate of drug-likeness (QED) is 0.783. The van der Waals surface area contributed by atoms with E-state index in [0.717, 1.165) is 36.3 Å². The molecule has 2 rings (SSSR count). The van der Waals surface area contributed by atoms with Gasteiger partial charge < -0.3 is 11.1 Å². The third-order valence-corrected chi connectivity index (χ3v) is 2.92. The third kappa shape index (κ3) is 1.85. The molecular formula is C11H16N4O. The van der Waals surface area contributed by atoms with Gasteiger partial charge in [0.25, 0.3) is 0 Å². The van der Waals surface area contributed by atoms with Crippen LogP contribution in [-0.2, 0) is 17.6 Å². The van der Waals surface area contributed by atoms with Gasteiger partial charge in [-0.2, -0.15) is 0 Å². The number of anilines is 1. The molecule has 1 aromatic rings. The second-order valence-electron chi connectivity index (χ2n) is 4.62. The highest BCUT2D eigenvalue weighted by Gasteiger charge is 2.27. The summed E-state index contributed by atoms with van der Waals surface area (Å²) in [5.74, 6) is 0.351. The maximum Gasteiger partial charge on any atom is 0.242 e. The van der Waals surface area contributed by atoms with Crippen molar-refractivity contribution in [1.82, 2.24) is 9.97 Å². The average Bonchev–Trinajstić information content (AvgIpc) is 2.65. The molecule has 86 valence electrons. The van der Waals surface area contributed by atoms with Crippen molar-refractivity contribution in [2.75, 3.05) is 5.32 Å². The Bertz CT molecular complexity index is 428. The summed E-state index contributed by atoms with van der Waals surface area (Å²) < 4.78 is 0. The number of aryl methyl sites for hydroxylation is 1. The van der Waals surface area contributed by atoms with E-state index in [-0.39, 0.29) is 0 Å². The molecule has 0 radical (unpaired) electrons. The van der Waals surface area contributed by atoms with Crippen LogP contribution < -0.4 is 11.1 Å². The van der Waals surface area contributed by atoms with Crippen LogP contribution in [-0.4, -0.2) is 21.4 Å². The largest absolute Gasteiger partial charge is 0.368 e. The van der Waals surface area contributed by atoms with E-state index in [4.69, 9.17) is 5.73 Å². The highest BCUT2D eigenvalue weighted by molar-refractivity contribution is 5.86. The molecule has 0 bridgehead atoms. The Morgan fingerprint density at radius 1 is 1.44 bits per heavy atom. The minimum absolute atomic E-state index is 0.391. The van der Waals surface area contributed by atoms with E-state index in [2.05, 4.69) is 15.3 Å². The summed E-state index contributed by atoms with van der Waals surface area (Å²) >= 11 is 0. The van der Waals surface area contributed by atoms with E-state index in [1.807, 2.05) is 0 Å². The second kappa shape index (κ2) is 3.73. The first-order valence-electron chi connectivity index (χ1n) is 5.41. The zero-order valence-corrected chi connectivity index (χ0v) is 9.58. The van der Waals surface area contributed by atoms with Crippen molar-refractivity contribution in [3.63, 3.8) is 0 Å². The molecule has 5 heteroatoms. The summed E-state index contributed by atoms with van der Waals surface area (Å²) in [5.41, 5.74) is 6.73. The van der Waals surface area contributed by atoms with Crippen LogP contribution in [0.3, 0.4) is 0 Å². The lowest BCUT2D eigenvalue weighted by Crippen LogP contribution is -2.45. The number of nitrogens with one attached hydrogen (secondary N) is 1. The highest BCUT2D eigenvalue weighted by Crippen LogP contribution is 2.26. The second-order valence-corrected chi connectivity index (χ2v) is 4.62. The van der Waals surface area contributed by atoms with Crippen molar-refractivity contribution in [3.05, 3.63) is 17.6 Å². The molecule has 5 nitrogen and oxygen atoms in total. The zero-order chi connectivity index (χ0) is 11.8. The zero-order valence-electron chi connectivity index (χ0n) is 9.58. The molecule has 0 aromatic carbocycles. The van der Waals surface area contributed by atoms with Crippen LogP contribution in [0.2, 0.25) is 0 Å². The fourth-order valence-electron chi connectivity index (χ4n) is 1.82. The third-order valence-electron chi connectivity index (χ3n) is 2.92.